The molecule has 2 rings (SSSR count). The van der Waals surface area contributed by atoms with Crippen molar-refractivity contribution in [3.05, 3.63) is 0 Å². The molecule has 25 heavy (non-hydrogen) atoms. The second-order valence-corrected chi connectivity index (χ2v) is 13.7. The quantitative estimate of drug-likeness (QED) is 0.559. The topological polar surface area (TPSA) is 65.1 Å². The first-order valence-electron chi connectivity index (χ1n) is 9.12. The average molecular weight is 372 g/mol. The third-order valence-electron chi connectivity index (χ3n) is 6.14. The van der Waals surface area contributed by atoms with Crippen molar-refractivity contribution in [2.75, 3.05) is 13.7 Å². The molecule has 3 atom stereocenters. The Morgan fingerprint density at radius 3 is 2.28 bits per heavy atom. The van der Waals surface area contributed by atoms with E-state index in [0.29, 0.717) is 19.4 Å². The fourth-order valence-electron chi connectivity index (χ4n) is 3.86. The number of hydrogen-bond acceptors (Lipinski definition) is 5. The third kappa shape index (κ3) is 4.02. The number of likely N-dealkylation sites (tertiary alicyclic amines) is 1. The lowest BCUT2D eigenvalue weighted by molar-refractivity contribution is -0.150. The van der Waals surface area contributed by atoms with Gasteiger partial charge >= 0.3 is 12.1 Å². The van der Waals surface area contributed by atoms with Crippen LogP contribution in [0, 0.1) is 0 Å². The van der Waals surface area contributed by atoms with Crippen LogP contribution in [0.1, 0.15) is 53.4 Å². The van der Waals surface area contributed by atoms with E-state index < -0.39 is 8.32 Å². The summed E-state index contributed by atoms with van der Waals surface area (Å²) in [6, 6.07) is 0. The average Bonchev–Trinajstić information content (AvgIpc) is 3.00. The van der Waals surface area contributed by atoms with E-state index >= 15 is 0 Å². The molecule has 0 aromatic rings. The summed E-state index contributed by atoms with van der Waals surface area (Å²) in [5, 5.41) is 0.0707. The minimum Gasteiger partial charge on any atom is -0.460 e. The molecule has 2 aliphatic rings. The highest BCUT2D eigenvalue weighted by molar-refractivity contribution is 6.74. The number of hydrogen-bond donors (Lipinski definition) is 0. The lowest BCUT2D eigenvalue weighted by Crippen LogP contribution is -2.47. The number of rotatable bonds is 3. The predicted octanol–water partition coefficient (Wildman–Crippen LogP) is 3.70. The van der Waals surface area contributed by atoms with Crippen LogP contribution < -0.4 is 0 Å². The molecule has 1 saturated carbocycles. The monoisotopic (exact) mass is 371 g/mol. The minimum atomic E-state index is -2.01. The predicted molar refractivity (Wildman–Crippen MR) is 97.9 cm³/mol. The van der Waals surface area contributed by atoms with Crippen LogP contribution in [0.2, 0.25) is 18.1 Å². The molecule has 0 radical (unpaired) electrons. The van der Waals surface area contributed by atoms with Gasteiger partial charge in [-0.05, 0) is 37.4 Å². The number of methoxy groups -OCH3 is 1. The highest BCUT2D eigenvalue weighted by Crippen LogP contribution is 2.48. The largest absolute Gasteiger partial charge is 0.460 e. The zero-order valence-electron chi connectivity index (χ0n) is 16.7. The Kier molecular flexibility index (Phi) is 5.59. The van der Waals surface area contributed by atoms with E-state index in [1.807, 2.05) is 4.90 Å². The van der Waals surface area contributed by atoms with Gasteiger partial charge in [0.1, 0.15) is 6.10 Å². The first kappa shape index (κ1) is 20.2. The molecule has 0 aromatic carbocycles. The van der Waals surface area contributed by atoms with Crippen LogP contribution in [-0.2, 0) is 18.7 Å². The molecule has 1 amide bonds. The number of amides is 1. The van der Waals surface area contributed by atoms with Crippen molar-refractivity contribution in [3.63, 3.8) is 0 Å². The van der Waals surface area contributed by atoms with Crippen molar-refractivity contribution in [1.82, 2.24) is 4.90 Å². The van der Waals surface area contributed by atoms with Crippen LogP contribution in [0.5, 0.6) is 0 Å². The van der Waals surface area contributed by atoms with Crippen LogP contribution >= 0.6 is 0 Å². The summed E-state index contributed by atoms with van der Waals surface area (Å²) in [7, 11) is -0.601. The number of carbonyl (C=O) groups is 2. The Morgan fingerprint density at radius 2 is 1.76 bits per heavy atom. The highest BCUT2D eigenvalue weighted by Gasteiger charge is 2.56. The maximum absolute atomic E-state index is 12.2. The van der Waals surface area contributed by atoms with Crippen LogP contribution in [-0.4, -0.2) is 56.7 Å². The van der Waals surface area contributed by atoms with Gasteiger partial charge in [0.2, 0.25) is 0 Å². The van der Waals surface area contributed by atoms with Crippen LogP contribution in [0.3, 0.4) is 0 Å². The van der Waals surface area contributed by atoms with Crippen molar-refractivity contribution in [2.45, 2.75) is 89.3 Å². The van der Waals surface area contributed by atoms with Crippen molar-refractivity contribution in [2.24, 2.45) is 0 Å². The SMILES string of the molecule is COC(=O)N1CCCC12C[C@H](OC(C)=O)[C@H](O[Si](C)(C)C(C)(C)C)C2. The van der Waals surface area contributed by atoms with E-state index in [2.05, 4.69) is 33.9 Å². The molecule has 1 unspecified atom stereocenters. The summed E-state index contributed by atoms with van der Waals surface area (Å²) < 4.78 is 17.2. The Hall–Kier alpha value is -1.08. The lowest BCUT2D eigenvalue weighted by Gasteiger charge is -2.40. The Bertz CT molecular complexity index is 530. The van der Waals surface area contributed by atoms with Crippen LogP contribution in [0.15, 0.2) is 0 Å². The molecule has 0 bridgehead atoms. The van der Waals surface area contributed by atoms with E-state index in [1.54, 1.807) is 0 Å². The standard InChI is InChI=1S/C18H33NO5Si/c1-13(20)23-14-11-18(9-8-10-19(18)16(21)22-5)12-15(14)24-25(6,7)17(2,3)4/h14-15H,8-12H2,1-7H3/t14-,15+,18?/m0/s1. The molecule has 1 saturated heterocycles. The van der Waals surface area contributed by atoms with Crippen LogP contribution in [0.4, 0.5) is 4.79 Å². The number of nitrogens with zero attached hydrogens (tertiary/aromatic N) is 1. The van der Waals surface area contributed by atoms with E-state index in [4.69, 9.17) is 13.9 Å². The number of esters is 1. The zero-order chi connectivity index (χ0) is 19.0. The maximum atomic E-state index is 12.2. The molecule has 1 heterocycles. The summed E-state index contributed by atoms with van der Waals surface area (Å²) >= 11 is 0. The maximum Gasteiger partial charge on any atom is 0.409 e. The van der Waals surface area contributed by atoms with Crippen molar-refractivity contribution in [1.29, 1.82) is 0 Å². The highest BCUT2D eigenvalue weighted by atomic mass is 28.4. The van der Waals surface area contributed by atoms with Gasteiger partial charge in [-0.2, -0.15) is 0 Å². The molecule has 0 N–H and O–H groups in total. The van der Waals surface area contributed by atoms with Gasteiger partial charge in [-0.25, -0.2) is 4.79 Å². The molecule has 1 aliphatic heterocycles. The normalized spacial score (nSPS) is 30.0. The fourth-order valence-corrected chi connectivity index (χ4v) is 5.20. The fraction of sp³-hybridized carbons (Fsp3) is 0.889. The first-order valence-corrected chi connectivity index (χ1v) is 12.0. The van der Waals surface area contributed by atoms with Crippen molar-refractivity contribution >= 4 is 20.4 Å². The van der Waals surface area contributed by atoms with E-state index in [-0.39, 0.29) is 34.8 Å². The first-order chi connectivity index (χ1) is 11.4. The smallest absolute Gasteiger partial charge is 0.409 e. The number of carbonyl (C=O) groups excluding carboxylic acids is 2. The van der Waals surface area contributed by atoms with E-state index in [1.165, 1.54) is 14.0 Å². The summed E-state index contributed by atoms with van der Waals surface area (Å²) in [6.07, 6.45) is 2.39. The van der Waals surface area contributed by atoms with E-state index in [9.17, 15) is 9.59 Å². The van der Waals surface area contributed by atoms with Gasteiger partial charge in [-0.1, -0.05) is 20.8 Å². The van der Waals surface area contributed by atoms with Gasteiger partial charge in [0.25, 0.3) is 0 Å². The lowest BCUT2D eigenvalue weighted by atomic mass is 9.94. The van der Waals surface area contributed by atoms with E-state index in [0.717, 1.165) is 12.8 Å². The molecule has 2 fully saturated rings. The second kappa shape index (κ2) is 6.91. The summed E-state index contributed by atoms with van der Waals surface area (Å²) in [6.45, 7) is 13.1. The van der Waals surface area contributed by atoms with Crippen molar-refractivity contribution in [3.8, 4) is 0 Å². The second-order valence-electron chi connectivity index (χ2n) is 8.92. The van der Waals surface area contributed by atoms with Gasteiger partial charge in [0.05, 0.1) is 18.8 Å². The Morgan fingerprint density at radius 1 is 1.16 bits per heavy atom. The molecule has 0 aromatic heterocycles. The van der Waals surface area contributed by atoms with Gasteiger partial charge in [0.15, 0.2) is 8.32 Å². The van der Waals surface area contributed by atoms with Crippen LogP contribution in [0.25, 0.3) is 0 Å². The zero-order valence-corrected chi connectivity index (χ0v) is 17.7. The molecular weight excluding hydrogens is 338 g/mol. The van der Waals surface area contributed by atoms with Gasteiger partial charge in [-0.3, -0.25) is 4.79 Å². The molecule has 1 aliphatic carbocycles. The summed E-state index contributed by atoms with van der Waals surface area (Å²) in [4.78, 5) is 25.6. The summed E-state index contributed by atoms with van der Waals surface area (Å²) in [5.41, 5.74) is -0.319. The molecular formula is C18H33NO5Si. The molecule has 7 heteroatoms. The molecule has 144 valence electrons. The van der Waals surface area contributed by atoms with Gasteiger partial charge in [0, 0.05) is 19.9 Å². The van der Waals surface area contributed by atoms with Gasteiger partial charge < -0.3 is 18.8 Å². The minimum absolute atomic E-state index is 0.0707. The number of ether oxygens (including phenoxy) is 2. The Balaban J connectivity index is 2.26. The molecule has 6 nitrogen and oxygen atoms in total. The third-order valence-corrected chi connectivity index (χ3v) is 10.6. The Labute approximate surface area is 152 Å². The molecule has 1 spiro atoms. The van der Waals surface area contributed by atoms with Gasteiger partial charge in [-0.15, -0.1) is 0 Å². The van der Waals surface area contributed by atoms with Crippen molar-refractivity contribution < 1.29 is 23.5 Å². The summed E-state index contributed by atoms with van der Waals surface area (Å²) in [5.74, 6) is -0.298.